The van der Waals surface area contributed by atoms with Crippen molar-refractivity contribution < 1.29 is 37.1 Å². The fraction of sp³-hybridized carbons (Fsp3) is 0.360. The van der Waals surface area contributed by atoms with Crippen LogP contribution in [-0.4, -0.2) is 106 Å². The van der Waals surface area contributed by atoms with Crippen molar-refractivity contribution in [1.29, 1.82) is 0 Å². The normalized spacial score (nSPS) is 17.8. The molecule has 8 rings (SSSR count). The maximum absolute atomic E-state index is 14.2. The molecular formula is C50H56N8O8S. The molecule has 2 aliphatic rings. The molecule has 2 fully saturated rings. The van der Waals surface area contributed by atoms with E-state index in [-0.39, 0.29) is 11.9 Å². The van der Waals surface area contributed by atoms with E-state index in [0.717, 1.165) is 70.6 Å². The number of aromatic amines is 2. The van der Waals surface area contributed by atoms with E-state index in [4.69, 9.17) is 14.5 Å². The first-order valence-corrected chi connectivity index (χ1v) is 24.4. The number of rotatable bonds is 12. The first kappa shape index (κ1) is 46.5. The maximum Gasteiger partial charge on any atom is 0.408 e. The third kappa shape index (κ3) is 10.4. The van der Waals surface area contributed by atoms with E-state index >= 15 is 0 Å². The van der Waals surface area contributed by atoms with Crippen molar-refractivity contribution in [1.82, 2.24) is 40.4 Å². The Morgan fingerprint density at radius 1 is 0.701 bits per heavy atom. The lowest BCUT2D eigenvalue weighted by Gasteiger charge is -2.30. The number of nitrogens with zero attached hydrogens (tertiary/aromatic N) is 4. The molecular weight excluding hydrogens is 873 g/mol. The first-order chi connectivity index (χ1) is 32.0. The second kappa shape index (κ2) is 19.1. The number of nitrogens with one attached hydrogen (secondary N) is 4. The van der Waals surface area contributed by atoms with Gasteiger partial charge in [0.15, 0.2) is 9.84 Å². The summed E-state index contributed by atoms with van der Waals surface area (Å²) in [5, 5.41) is 6.15. The zero-order chi connectivity index (χ0) is 47.6. The largest absolute Gasteiger partial charge is 0.453 e. The zero-order valence-corrected chi connectivity index (χ0v) is 39.2. The predicted octanol–water partition coefficient (Wildman–Crippen LogP) is 8.04. The summed E-state index contributed by atoms with van der Waals surface area (Å²) < 4.78 is 35.1. The Labute approximate surface area is 389 Å². The van der Waals surface area contributed by atoms with Crippen LogP contribution in [0.25, 0.3) is 44.4 Å². The highest BCUT2D eigenvalue weighted by atomic mass is 32.2. The van der Waals surface area contributed by atoms with Crippen molar-refractivity contribution in [3.8, 4) is 33.6 Å². The van der Waals surface area contributed by atoms with E-state index in [9.17, 15) is 27.6 Å². The summed E-state index contributed by atoms with van der Waals surface area (Å²) in [4.78, 5) is 72.6. The van der Waals surface area contributed by atoms with Crippen molar-refractivity contribution in [2.24, 2.45) is 0 Å². The average molecular weight is 929 g/mol. The standard InChI is InChI=1S/C50H56N8O8S/c1-30(67(6,63)64)42(55-48(61)65-5)46(59)57-24-10-14-40(57)45-52-29-39(54-45)37-23-22-35-26-34(20-21-36(35)27-37)31-16-18-32(19-17-31)38-28-51-44(53-38)41-15-11-25-58(41)47(60)43(33-12-8-7-9-13-33)56-49(62)66-50(2,3)4/h7-9,12-13,16-23,26-30,40-43H,10-11,14-15,24-25H2,1-6H3,(H,51,53)(H,52,54)(H,55,61)(H,56,62). The lowest BCUT2D eigenvalue weighted by Crippen LogP contribution is -2.55. The van der Waals surface area contributed by atoms with Crippen molar-refractivity contribution >= 4 is 44.6 Å². The van der Waals surface area contributed by atoms with Crippen LogP contribution < -0.4 is 10.6 Å². The van der Waals surface area contributed by atoms with Crippen LogP contribution in [0.15, 0.2) is 103 Å². The van der Waals surface area contributed by atoms with E-state index in [2.05, 4.69) is 68.1 Å². The van der Waals surface area contributed by atoms with Gasteiger partial charge in [-0.15, -0.1) is 0 Å². The minimum atomic E-state index is -3.68. The van der Waals surface area contributed by atoms with Gasteiger partial charge in [0.05, 0.1) is 48.2 Å². The zero-order valence-electron chi connectivity index (χ0n) is 38.4. The number of alkyl carbamates (subject to hydrolysis) is 2. The summed E-state index contributed by atoms with van der Waals surface area (Å²) in [5.41, 5.74) is 5.49. The van der Waals surface area contributed by atoms with Gasteiger partial charge >= 0.3 is 12.2 Å². The molecule has 0 aliphatic carbocycles. The Morgan fingerprint density at radius 3 is 1.79 bits per heavy atom. The lowest BCUT2D eigenvalue weighted by atomic mass is 9.98. The van der Waals surface area contributed by atoms with E-state index in [0.29, 0.717) is 43.1 Å². The number of sulfone groups is 1. The number of benzene rings is 4. The highest BCUT2D eigenvalue weighted by Crippen LogP contribution is 2.36. The number of fused-ring (bicyclic) bond motifs is 1. The summed E-state index contributed by atoms with van der Waals surface area (Å²) in [6, 6.07) is 26.9. The molecule has 2 saturated heterocycles. The van der Waals surface area contributed by atoms with E-state index in [1.807, 2.05) is 48.5 Å². The summed E-state index contributed by atoms with van der Waals surface area (Å²) in [5.74, 6) is 0.524. The van der Waals surface area contributed by atoms with Crippen LogP contribution in [0, 0.1) is 0 Å². The van der Waals surface area contributed by atoms with Gasteiger partial charge in [0.2, 0.25) is 5.91 Å². The maximum atomic E-state index is 14.2. The van der Waals surface area contributed by atoms with Gasteiger partial charge in [-0.1, -0.05) is 78.9 Å². The van der Waals surface area contributed by atoms with Crippen molar-refractivity contribution in [2.45, 2.75) is 88.4 Å². The number of hydrogen-bond acceptors (Lipinski definition) is 10. The van der Waals surface area contributed by atoms with Crippen LogP contribution >= 0.6 is 0 Å². The Balaban J connectivity index is 0.942. The van der Waals surface area contributed by atoms with Crippen molar-refractivity contribution in [3.05, 3.63) is 121 Å². The van der Waals surface area contributed by atoms with E-state index in [1.165, 1.54) is 6.92 Å². The van der Waals surface area contributed by atoms with Gasteiger partial charge in [-0.25, -0.2) is 28.0 Å². The number of amides is 4. The molecule has 350 valence electrons. The topological polar surface area (TPSA) is 209 Å². The van der Waals surface area contributed by atoms with E-state index in [1.54, 1.807) is 43.0 Å². The lowest BCUT2D eigenvalue weighted by molar-refractivity contribution is -0.135. The third-order valence-electron chi connectivity index (χ3n) is 12.5. The monoisotopic (exact) mass is 928 g/mol. The van der Waals surface area contributed by atoms with E-state index < -0.39 is 56.9 Å². The summed E-state index contributed by atoms with van der Waals surface area (Å²) in [6.45, 7) is 7.67. The Bertz CT molecular complexity index is 2890. The quantitative estimate of drug-likeness (QED) is 0.0929. The molecule has 0 saturated carbocycles. The molecule has 2 aromatic heterocycles. The number of aromatic nitrogens is 4. The van der Waals surface area contributed by atoms with Gasteiger partial charge in [0.1, 0.15) is 29.3 Å². The smallest absolute Gasteiger partial charge is 0.408 e. The summed E-state index contributed by atoms with van der Waals surface area (Å²) in [6.07, 6.45) is 5.85. The van der Waals surface area contributed by atoms with Gasteiger partial charge in [-0.3, -0.25) is 9.59 Å². The van der Waals surface area contributed by atoms with Crippen molar-refractivity contribution in [2.75, 3.05) is 26.5 Å². The Morgan fingerprint density at radius 2 is 1.22 bits per heavy atom. The van der Waals surface area contributed by atoms with Crippen LogP contribution in [-0.2, 0) is 28.9 Å². The molecule has 4 aromatic carbocycles. The molecule has 4 amide bonds. The fourth-order valence-electron chi connectivity index (χ4n) is 8.89. The number of ether oxygens (including phenoxy) is 2. The molecule has 6 aromatic rings. The number of likely N-dealkylation sites (tertiary alicyclic amines) is 2. The number of H-pyrrole nitrogens is 2. The highest BCUT2D eigenvalue weighted by molar-refractivity contribution is 7.91. The molecule has 4 heterocycles. The van der Waals surface area contributed by atoms with Crippen molar-refractivity contribution in [3.63, 3.8) is 0 Å². The molecule has 67 heavy (non-hydrogen) atoms. The Kier molecular flexibility index (Phi) is 13.2. The first-order valence-electron chi connectivity index (χ1n) is 22.4. The molecule has 4 N–H and O–H groups in total. The highest BCUT2D eigenvalue weighted by Gasteiger charge is 2.42. The second-order valence-electron chi connectivity index (χ2n) is 18.2. The SMILES string of the molecule is COC(=O)NC(C(=O)N1CCCC1c1ncc(-c2ccc3cc(-c4ccc(-c5cnc(C6CCCN6C(=O)C(NC(=O)OC(C)(C)C)c6ccccc6)[nH]5)cc4)ccc3c2)[nH]1)C(C)S(C)(=O)=O. The minimum absolute atomic E-state index is 0.225. The fourth-order valence-corrected chi connectivity index (χ4v) is 9.56. The number of carbonyl (C=O) groups excluding carboxylic acids is 4. The number of carbonyl (C=O) groups is 4. The summed E-state index contributed by atoms with van der Waals surface area (Å²) in [7, 11) is -2.52. The van der Waals surface area contributed by atoms with Crippen LogP contribution in [0.5, 0.6) is 0 Å². The van der Waals surface area contributed by atoms with Crippen LogP contribution in [0.4, 0.5) is 9.59 Å². The average Bonchev–Trinajstić information content (AvgIpc) is 4.16. The summed E-state index contributed by atoms with van der Waals surface area (Å²) >= 11 is 0. The molecule has 5 atom stereocenters. The molecule has 2 aliphatic heterocycles. The van der Waals surface area contributed by atoms with Gasteiger partial charge < -0.3 is 39.9 Å². The molecule has 5 unspecified atom stereocenters. The molecule has 0 bridgehead atoms. The van der Waals surface area contributed by atoms with Crippen LogP contribution in [0.1, 0.15) is 88.7 Å². The molecule has 16 nitrogen and oxygen atoms in total. The number of hydrogen-bond donors (Lipinski definition) is 4. The third-order valence-corrected chi connectivity index (χ3v) is 14.1. The van der Waals surface area contributed by atoms with Gasteiger partial charge in [0, 0.05) is 24.9 Å². The minimum Gasteiger partial charge on any atom is -0.453 e. The van der Waals surface area contributed by atoms with Gasteiger partial charge in [-0.05, 0) is 98.5 Å². The van der Waals surface area contributed by atoms with Gasteiger partial charge in [0.25, 0.3) is 5.91 Å². The molecule has 0 radical (unpaired) electrons. The second-order valence-corrected chi connectivity index (χ2v) is 20.6. The van der Waals surface area contributed by atoms with Crippen LogP contribution in [0.2, 0.25) is 0 Å². The predicted molar refractivity (Wildman–Crippen MR) is 254 cm³/mol. The number of methoxy groups -OCH3 is 1. The van der Waals surface area contributed by atoms with Crippen LogP contribution in [0.3, 0.4) is 0 Å². The molecule has 0 spiro atoms. The van der Waals surface area contributed by atoms with Gasteiger partial charge in [-0.2, -0.15) is 0 Å². The Hall–Kier alpha value is -7.01. The number of imidazole rings is 2. The molecule has 17 heteroatoms.